The largest absolute Gasteiger partial charge is 0.334 e. The molecular formula is C25H18ClFN4O2. The molecule has 6 nitrogen and oxygen atoms in total. The lowest BCUT2D eigenvalue weighted by Crippen LogP contribution is -2.46. The summed E-state index contributed by atoms with van der Waals surface area (Å²) in [6.45, 7) is 1.78. The zero-order valence-electron chi connectivity index (χ0n) is 17.5. The van der Waals surface area contributed by atoms with Crippen LogP contribution in [0.2, 0.25) is 5.02 Å². The molecular weight excluding hydrogens is 443 g/mol. The fraction of sp³-hybridized carbons (Fsp3) is 0.0800. The number of rotatable bonds is 4. The third-order valence-electron chi connectivity index (χ3n) is 5.42. The number of carbonyl (C=O) groups excluding carboxylic acids is 1. The van der Waals surface area contributed by atoms with Crippen LogP contribution in [0.5, 0.6) is 0 Å². The van der Waals surface area contributed by atoms with Crippen molar-refractivity contribution in [1.82, 2.24) is 15.5 Å². The quantitative estimate of drug-likeness (QED) is 0.392. The molecule has 4 aromatic rings. The van der Waals surface area contributed by atoms with Crippen LogP contribution in [0.15, 0.2) is 89.1 Å². The van der Waals surface area contributed by atoms with Crippen LogP contribution in [0.3, 0.4) is 0 Å². The molecule has 2 heterocycles. The zero-order valence-corrected chi connectivity index (χ0v) is 18.3. The van der Waals surface area contributed by atoms with Crippen LogP contribution < -0.4 is 10.2 Å². The molecule has 1 atom stereocenters. The standard InChI is InChI=1S/C25H18ClFN4O2/c1-15-21(24-29-23(30-33-24)17-9-5-10-18(26)13-17)22(16-7-3-2-4-8-16)28-25(32)31(15)20-12-6-11-19(27)14-20/h2-14,22H,1H3,(H,28,32). The molecule has 0 bridgehead atoms. The number of benzene rings is 3. The van der Waals surface area contributed by atoms with Crippen LogP contribution in [0.1, 0.15) is 24.4 Å². The van der Waals surface area contributed by atoms with Crippen molar-refractivity contribution in [3.05, 3.63) is 107 Å². The van der Waals surface area contributed by atoms with E-state index in [0.717, 1.165) is 5.56 Å². The van der Waals surface area contributed by atoms with E-state index in [2.05, 4.69) is 15.5 Å². The van der Waals surface area contributed by atoms with Gasteiger partial charge in [-0.25, -0.2) is 9.18 Å². The van der Waals surface area contributed by atoms with Gasteiger partial charge in [-0.2, -0.15) is 4.98 Å². The number of anilines is 1. The summed E-state index contributed by atoms with van der Waals surface area (Å²) in [6.07, 6.45) is 0. The Hall–Kier alpha value is -3.97. The molecule has 2 amide bonds. The first-order chi connectivity index (χ1) is 16.0. The van der Waals surface area contributed by atoms with E-state index in [4.69, 9.17) is 16.1 Å². The van der Waals surface area contributed by atoms with Crippen molar-refractivity contribution >= 4 is 28.9 Å². The van der Waals surface area contributed by atoms with Crippen molar-refractivity contribution in [2.45, 2.75) is 13.0 Å². The Morgan fingerprint density at radius 2 is 1.82 bits per heavy atom. The molecule has 1 aliphatic heterocycles. The van der Waals surface area contributed by atoms with Gasteiger partial charge in [0.15, 0.2) is 0 Å². The predicted molar refractivity (Wildman–Crippen MR) is 124 cm³/mol. The van der Waals surface area contributed by atoms with Crippen molar-refractivity contribution in [2.24, 2.45) is 0 Å². The number of halogens is 2. The van der Waals surface area contributed by atoms with Gasteiger partial charge in [-0.05, 0) is 42.8 Å². The van der Waals surface area contributed by atoms with Gasteiger partial charge in [0.2, 0.25) is 5.82 Å². The molecule has 0 radical (unpaired) electrons. The average Bonchev–Trinajstić information content (AvgIpc) is 3.29. The van der Waals surface area contributed by atoms with Gasteiger partial charge in [-0.15, -0.1) is 0 Å². The van der Waals surface area contributed by atoms with Crippen molar-refractivity contribution in [3.8, 4) is 11.4 Å². The Morgan fingerprint density at radius 1 is 1.03 bits per heavy atom. The summed E-state index contributed by atoms with van der Waals surface area (Å²) in [4.78, 5) is 19.1. The third kappa shape index (κ3) is 3.99. The van der Waals surface area contributed by atoms with Crippen LogP contribution in [-0.4, -0.2) is 16.2 Å². The Balaban J connectivity index is 1.66. The number of amides is 2. The van der Waals surface area contributed by atoms with Crippen LogP contribution in [0.4, 0.5) is 14.9 Å². The highest BCUT2D eigenvalue weighted by atomic mass is 35.5. The normalized spacial score (nSPS) is 16.2. The first-order valence-corrected chi connectivity index (χ1v) is 10.6. The molecule has 0 saturated carbocycles. The maximum Gasteiger partial charge on any atom is 0.327 e. The van der Waals surface area contributed by atoms with Gasteiger partial charge >= 0.3 is 6.03 Å². The highest BCUT2D eigenvalue weighted by molar-refractivity contribution is 6.30. The van der Waals surface area contributed by atoms with Gasteiger partial charge < -0.3 is 9.84 Å². The van der Waals surface area contributed by atoms with Gasteiger partial charge in [0, 0.05) is 16.3 Å². The number of aromatic nitrogens is 2. The number of urea groups is 1. The number of hydrogen-bond acceptors (Lipinski definition) is 4. The molecule has 5 rings (SSSR count). The van der Waals surface area contributed by atoms with Gasteiger partial charge in [-0.3, -0.25) is 4.90 Å². The summed E-state index contributed by atoms with van der Waals surface area (Å²) in [5.74, 6) is 0.174. The number of nitrogens with one attached hydrogen (secondary N) is 1. The van der Waals surface area contributed by atoms with E-state index in [9.17, 15) is 9.18 Å². The lowest BCUT2D eigenvalue weighted by Gasteiger charge is -2.35. The fourth-order valence-electron chi connectivity index (χ4n) is 3.92. The zero-order chi connectivity index (χ0) is 22.9. The summed E-state index contributed by atoms with van der Waals surface area (Å²) in [5, 5.41) is 7.68. The minimum atomic E-state index is -0.531. The van der Waals surface area contributed by atoms with Crippen LogP contribution in [0.25, 0.3) is 17.0 Å². The van der Waals surface area contributed by atoms with E-state index < -0.39 is 11.9 Å². The highest BCUT2D eigenvalue weighted by Gasteiger charge is 2.36. The van der Waals surface area contributed by atoms with E-state index >= 15 is 0 Å². The number of allylic oxidation sites excluding steroid dienone is 1. The Labute approximate surface area is 194 Å². The topological polar surface area (TPSA) is 71.3 Å². The fourth-order valence-corrected chi connectivity index (χ4v) is 4.11. The van der Waals surface area contributed by atoms with Crippen LogP contribution >= 0.6 is 11.6 Å². The summed E-state index contributed by atoms with van der Waals surface area (Å²) < 4.78 is 19.6. The van der Waals surface area contributed by atoms with E-state index in [-0.39, 0.29) is 11.9 Å². The predicted octanol–water partition coefficient (Wildman–Crippen LogP) is 6.23. The van der Waals surface area contributed by atoms with Crippen molar-refractivity contribution < 1.29 is 13.7 Å². The molecule has 1 aromatic heterocycles. The van der Waals surface area contributed by atoms with E-state index in [1.54, 1.807) is 37.3 Å². The van der Waals surface area contributed by atoms with Gasteiger partial charge in [0.25, 0.3) is 5.89 Å². The second-order valence-corrected chi connectivity index (χ2v) is 7.98. The SMILES string of the molecule is CC1=C(c2nc(-c3cccc(Cl)c3)no2)C(c2ccccc2)NC(=O)N1c1cccc(F)c1. The summed E-state index contributed by atoms with van der Waals surface area (Å²) >= 11 is 6.11. The number of carbonyl (C=O) groups is 1. The molecule has 0 spiro atoms. The molecule has 164 valence electrons. The molecule has 33 heavy (non-hydrogen) atoms. The average molecular weight is 461 g/mol. The molecule has 0 aliphatic carbocycles. The van der Waals surface area contributed by atoms with Crippen molar-refractivity contribution in [1.29, 1.82) is 0 Å². The minimum absolute atomic E-state index is 0.248. The summed E-state index contributed by atoms with van der Waals surface area (Å²) in [7, 11) is 0. The lowest BCUT2D eigenvalue weighted by atomic mass is 9.94. The molecule has 8 heteroatoms. The van der Waals surface area contributed by atoms with E-state index in [1.165, 1.54) is 17.0 Å². The Kier molecular flexibility index (Phi) is 5.40. The second kappa shape index (κ2) is 8.52. The molecule has 3 aromatic carbocycles. The first kappa shape index (κ1) is 20.9. The van der Waals surface area contributed by atoms with Gasteiger partial charge in [-0.1, -0.05) is 65.3 Å². The maximum absolute atomic E-state index is 13.9. The number of nitrogens with zero attached hydrogens (tertiary/aromatic N) is 3. The molecule has 1 aliphatic rings. The van der Waals surface area contributed by atoms with Gasteiger partial charge in [0.1, 0.15) is 5.82 Å². The maximum atomic E-state index is 13.9. The first-order valence-electron chi connectivity index (χ1n) is 10.2. The Morgan fingerprint density at radius 3 is 2.58 bits per heavy atom. The van der Waals surface area contributed by atoms with Crippen molar-refractivity contribution in [3.63, 3.8) is 0 Å². The Bertz CT molecular complexity index is 1370. The lowest BCUT2D eigenvalue weighted by molar-refractivity contribution is 0.244. The molecule has 0 saturated heterocycles. The van der Waals surface area contributed by atoms with Crippen molar-refractivity contribution in [2.75, 3.05) is 4.90 Å². The molecule has 1 N–H and O–H groups in total. The third-order valence-corrected chi connectivity index (χ3v) is 5.66. The second-order valence-electron chi connectivity index (χ2n) is 7.54. The monoisotopic (exact) mass is 460 g/mol. The smallest absolute Gasteiger partial charge is 0.327 e. The minimum Gasteiger partial charge on any atom is -0.334 e. The number of hydrogen-bond donors (Lipinski definition) is 1. The van der Waals surface area contributed by atoms with E-state index in [0.29, 0.717) is 33.4 Å². The van der Waals surface area contributed by atoms with Crippen LogP contribution in [-0.2, 0) is 0 Å². The summed E-state index contributed by atoms with van der Waals surface area (Å²) in [5.41, 5.74) is 3.12. The highest BCUT2D eigenvalue weighted by Crippen LogP contribution is 2.39. The molecule has 0 fully saturated rings. The van der Waals surface area contributed by atoms with E-state index in [1.807, 2.05) is 36.4 Å². The van der Waals surface area contributed by atoms with Crippen LogP contribution in [0, 0.1) is 5.82 Å². The molecule has 1 unspecified atom stereocenters. The summed E-state index contributed by atoms with van der Waals surface area (Å²) in [6, 6.07) is 21.6. The van der Waals surface area contributed by atoms with Gasteiger partial charge in [0.05, 0.1) is 17.3 Å².